The van der Waals surface area contributed by atoms with Crippen molar-refractivity contribution in [2.75, 3.05) is 14.1 Å². The van der Waals surface area contributed by atoms with Crippen LogP contribution in [0.4, 0.5) is 13.2 Å². The molecule has 0 unspecified atom stereocenters. The van der Waals surface area contributed by atoms with Crippen LogP contribution in [-0.2, 0) is 10.1 Å². The zero-order valence-corrected chi connectivity index (χ0v) is 14.0. The molecule has 0 aliphatic heterocycles. The van der Waals surface area contributed by atoms with Crippen molar-refractivity contribution < 1.29 is 30.6 Å². The number of halogens is 4. The highest BCUT2D eigenvalue weighted by Crippen LogP contribution is 2.36. The first-order valence-electron chi connectivity index (χ1n) is 6.39. The summed E-state index contributed by atoms with van der Waals surface area (Å²) in [6.45, 7) is 0. The van der Waals surface area contributed by atoms with Crippen LogP contribution in [0.5, 0.6) is 5.75 Å². The maximum absolute atomic E-state index is 12.5. The highest BCUT2D eigenvalue weighted by molar-refractivity contribution is 7.88. The van der Waals surface area contributed by atoms with Crippen molar-refractivity contribution in [2.45, 2.75) is 5.51 Å². The van der Waals surface area contributed by atoms with Gasteiger partial charge in [-0.1, -0.05) is 23.7 Å². The van der Waals surface area contributed by atoms with Crippen LogP contribution in [0.25, 0.3) is 10.8 Å². The van der Waals surface area contributed by atoms with Crippen molar-refractivity contribution >= 4 is 38.4 Å². The van der Waals surface area contributed by atoms with E-state index >= 15 is 0 Å². The third-order valence-corrected chi connectivity index (χ3v) is 4.35. The molecule has 0 aromatic heterocycles. The molecule has 0 saturated heterocycles. The van der Waals surface area contributed by atoms with Crippen molar-refractivity contribution in [3.63, 3.8) is 0 Å². The number of fused-ring (bicyclic) bond motifs is 1. The number of carbonyl (C=O) groups is 1. The Bertz CT molecular complexity index is 910. The zero-order chi connectivity index (χ0) is 18.3. The van der Waals surface area contributed by atoms with Gasteiger partial charge in [-0.25, -0.2) is 0 Å². The monoisotopic (exact) mass is 381 g/mol. The van der Waals surface area contributed by atoms with Crippen LogP contribution < -0.4 is 4.18 Å². The number of carbonyl (C=O) groups excluding carboxylic acids is 1. The maximum atomic E-state index is 12.5. The number of rotatable bonds is 3. The smallest absolute Gasteiger partial charge is 0.375 e. The molecule has 10 heteroatoms. The number of alkyl halides is 3. The van der Waals surface area contributed by atoms with Gasteiger partial charge in [-0.3, -0.25) is 4.79 Å². The Labute approximate surface area is 140 Å². The van der Waals surface area contributed by atoms with E-state index in [1.807, 2.05) is 0 Å². The molecular formula is C14H11ClF3NO4S. The fraction of sp³-hybridized carbons (Fsp3) is 0.214. The molecule has 0 atom stereocenters. The first kappa shape index (κ1) is 18.3. The highest BCUT2D eigenvalue weighted by Gasteiger charge is 2.48. The summed E-state index contributed by atoms with van der Waals surface area (Å²) in [4.78, 5) is 13.4. The van der Waals surface area contributed by atoms with E-state index in [0.29, 0.717) is 0 Å². The minimum atomic E-state index is -5.84. The predicted molar refractivity (Wildman–Crippen MR) is 82.6 cm³/mol. The van der Waals surface area contributed by atoms with Crippen LogP contribution in [0.1, 0.15) is 10.4 Å². The van der Waals surface area contributed by atoms with E-state index in [1.165, 1.54) is 37.2 Å². The summed E-state index contributed by atoms with van der Waals surface area (Å²) < 4.78 is 64.2. The summed E-state index contributed by atoms with van der Waals surface area (Å²) in [5.41, 5.74) is -5.46. The molecule has 0 bridgehead atoms. The molecule has 0 aliphatic rings. The lowest BCUT2D eigenvalue weighted by Crippen LogP contribution is -2.28. The number of amides is 1. The van der Waals surface area contributed by atoms with Gasteiger partial charge in [0.05, 0.1) is 0 Å². The molecule has 130 valence electrons. The minimum absolute atomic E-state index is 0.0250. The molecule has 2 aromatic carbocycles. The second-order valence-corrected chi connectivity index (χ2v) is 6.90. The van der Waals surface area contributed by atoms with Gasteiger partial charge in [-0.05, 0) is 18.2 Å². The largest absolute Gasteiger partial charge is 0.534 e. The second kappa shape index (κ2) is 6.14. The van der Waals surface area contributed by atoms with Gasteiger partial charge < -0.3 is 9.08 Å². The van der Waals surface area contributed by atoms with Gasteiger partial charge >= 0.3 is 15.6 Å². The number of hydrogen-bond donors (Lipinski definition) is 0. The molecule has 2 rings (SSSR count). The summed E-state index contributed by atoms with van der Waals surface area (Å²) in [5.74, 6) is -1.02. The molecule has 0 fully saturated rings. The third kappa shape index (κ3) is 3.27. The quantitative estimate of drug-likeness (QED) is 0.603. The van der Waals surface area contributed by atoms with Gasteiger partial charge in [-0.15, -0.1) is 0 Å². The summed E-state index contributed by atoms with van der Waals surface area (Å²) in [5, 5.41) is 0.156. The Hall–Kier alpha value is -2.00. The van der Waals surface area contributed by atoms with E-state index < -0.39 is 27.3 Å². The Kier molecular flexibility index (Phi) is 4.69. The molecule has 5 nitrogen and oxygen atoms in total. The molecule has 0 spiro atoms. The number of nitrogens with zero attached hydrogens (tertiary/aromatic N) is 1. The van der Waals surface area contributed by atoms with Crippen LogP contribution in [0.3, 0.4) is 0 Å². The van der Waals surface area contributed by atoms with E-state index in [1.54, 1.807) is 0 Å². The summed E-state index contributed by atoms with van der Waals surface area (Å²) in [6.07, 6.45) is 0. The predicted octanol–water partition coefficient (Wildman–Crippen LogP) is 3.42. The van der Waals surface area contributed by atoms with Crippen LogP contribution in [-0.4, -0.2) is 38.8 Å². The van der Waals surface area contributed by atoms with Crippen LogP contribution in [0.2, 0.25) is 5.02 Å². The van der Waals surface area contributed by atoms with Gasteiger partial charge in [0.1, 0.15) is 0 Å². The van der Waals surface area contributed by atoms with Crippen molar-refractivity contribution in [3.8, 4) is 5.75 Å². The number of benzene rings is 2. The maximum Gasteiger partial charge on any atom is 0.534 e. The van der Waals surface area contributed by atoms with Gasteiger partial charge in [0, 0.05) is 35.5 Å². The van der Waals surface area contributed by atoms with Gasteiger partial charge in [-0.2, -0.15) is 21.6 Å². The van der Waals surface area contributed by atoms with Crippen molar-refractivity contribution in [1.29, 1.82) is 0 Å². The normalized spacial score (nSPS) is 12.2. The summed E-state index contributed by atoms with van der Waals surface area (Å²) in [7, 11) is -2.86. The highest BCUT2D eigenvalue weighted by atomic mass is 35.5. The molecular weight excluding hydrogens is 371 g/mol. The van der Waals surface area contributed by atoms with E-state index in [0.717, 1.165) is 12.1 Å². The van der Waals surface area contributed by atoms with Crippen molar-refractivity contribution in [1.82, 2.24) is 4.90 Å². The SMILES string of the molecule is CN(C)C(=O)c1ccc(OS(=O)(=O)C(F)(F)F)c2cccc(Cl)c12. The minimum Gasteiger partial charge on any atom is -0.375 e. The fourth-order valence-electron chi connectivity index (χ4n) is 1.99. The second-order valence-electron chi connectivity index (χ2n) is 4.96. The molecule has 24 heavy (non-hydrogen) atoms. The lowest BCUT2D eigenvalue weighted by molar-refractivity contribution is -0.0499. The molecule has 0 saturated carbocycles. The molecule has 1 amide bonds. The van der Waals surface area contributed by atoms with Gasteiger partial charge in [0.25, 0.3) is 5.91 Å². The third-order valence-electron chi connectivity index (χ3n) is 3.07. The molecule has 0 radical (unpaired) electrons. The lowest BCUT2D eigenvalue weighted by Gasteiger charge is -2.16. The molecule has 0 heterocycles. The fourth-order valence-corrected chi connectivity index (χ4v) is 2.75. The average Bonchev–Trinajstić information content (AvgIpc) is 2.46. The van der Waals surface area contributed by atoms with E-state index in [4.69, 9.17) is 11.6 Å². The van der Waals surface area contributed by atoms with E-state index in [2.05, 4.69) is 4.18 Å². The van der Waals surface area contributed by atoms with Gasteiger partial charge in [0.2, 0.25) is 0 Å². The zero-order valence-electron chi connectivity index (χ0n) is 12.4. The van der Waals surface area contributed by atoms with Crippen LogP contribution in [0.15, 0.2) is 30.3 Å². The summed E-state index contributed by atoms with van der Waals surface area (Å²) >= 11 is 6.05. The Morgan fingerprint density at radius 3 is 2.33 bits per heavy atom. The Morgan fingerprint density at radius 1 is 1.17 bits per heavy atom. The van der Waals surface area contributed by atoms with Crippen LogP contribution >= 0.6 is 11.6 Å². The standard InChI is InChI=1S/C14H11ClF3NO4S/c1-19(2)13(20)9-6-7-11(23-24(21,22)14(16,17)18)8-4-3-5-10(15)12(8)9/h3-7H,1-2H3. The van der Waals surface area contributed by atoms with Crippen molar-refractivity contribution in [2.24, 2.45) is 0 Å². The molecule has 0 aliphatic carbocycles. The Balaban J connectivity index is 2.71. The lowest BCUT2D eigenvalue weighted by atomic mass is 10.0. The van der Waals surface area contributed by atoms with E-state index in [9.17, 15) is 26.4 Å². The number of hydrogen-bond acceptors (Lipinski definition) is 4. The average molecular weight is 382 g/mol. The first-order chi connectivity index (χ1) is 11.0. The topological polar surface area (TPSA) is 63.7 Å². The van der Waals surface area contributed by atoms with E-state index in [-0.39, 0.29) is 21.4 Å². The Morgan fingerprint density at radius 2 is 1.79 bits per heavy atom. The van der Waals surface area contributed by atoms with Gasteiger partial charge in [0.15, 0.2) is 5.75 Å². The van der Waals surface area contributed by atoms with Crippen molar-refractivity contribution in [3.05, 3.63) is 40.9 Å². The molecule has 0 N–H and O–H groups in total. The first-order valence-corrected chi connectivity index (χ1v) is 8.18. The molecule has 2 aromatic rings. The summed E-state index contributed by atoms with van der Waals surface area (Å²) in [6, 6.07) is 6.30. The van der Waals surface area contributed by atoms with Crippen LogP contribution in [0, 0.1) is 0 Å².